The molecule has 2 aromatic carbocycles. The van der Waals surface area contributed by atoms with Gasteiger partial charge in [0.15, 0.2) is 0 Å². The van der Waals surface area contributed by atoms with Crippen LogP contribution in [0.15, 0.2) is 42.5 Å². The number of ether oxygens (including phenoxy) is 1. The Morgan fingerprint density at radius 3 is 2.45 bits per heavy atom. The van der Waals surface area contributed by atoms with E-state index in [0.29, 0.717) is 30.0 Å². The smallest absolute Gasteiger partial charge is 0.255 e. The molecule has 4 N–H and O–H groups in total. The fourth-order valence-corrected chi connectivity index (χ4v) is 3.37. The molecule has 1 saturated carbocycles. The molecule has 0 bridgehead atoms. The summed E-state index contributed by atoms with van der Waals surface area (Å²) in [7, 11) is 1.47. The third-order valence-corrected chi connectivity index (χ3v) is 4.99. The molecule has 0 heterocycles. The molecule has 0 aliphatic heterocycles. The van der Waals surface area contributed by atoms with Crippen molar-refractivity contribution in [2.75, 3.05) is 17.7 Å². The van der Waals surface area contributed by atoms with Crippen LogP contribution in [0.2, 0.25) is 0 Å². The summed E-state index contributed by atoms with van der Waals surface area (Å²) in [5.74, 6) is -0.798. The number of nitrogens with one attached hydrogen (secondary N) is 2. The molecule has 1 fully saturated rings. The lowest BCUT2D eigenvalue weighted by Gasteiger charge is -2.31. The van der Waals surface area contributed by atoms with Gasteiger partial charge in [-0.1, -0.05) is 25.3 Å². The molecular weight excluding hydrogens is 397 g/mol. The quantitative estimate of drug-likeness (QED) is 0.677. The van der Waals surface area contributed by atoms with Gasteiger partial charge in [-0.15, -0.1) is 12.4 Å². The maximum Gasteiger partial charge on any atom is 0.255 e. The van der Waals surface area contributed by atoms with E-state index in [0.717, 1.165) is 25.3 Å². The zero-order valence-corrected chi connectivity index (χ0v) is 17.0. The molecule has 0 unspecified atom stereocenters. The van der Waals surface area contributed by atoms with Gasteiger partial charge in [0.2, 0.25) is 5.91 Å². The van der Waals surface area contributed by atoms with Crippen LogP contribution < -0.4 is 21.1 Å². The van der Waals surface area contributed by atoms with Gasteiger partial charge >= 0.3 is 0 Å². The van der Waals surface area contributed by atoms with E-state index in [4.69, 9.17) is 10.5 Å². The van der Waals surface area contributed by atoms with E-state index >= 15 is 0 Å². The molecular formula is C21H25ClFN3O3. The van der Waals surface area contributed by atoms with Gasteiger partial charge in [-0.3, -0.25) is 9.59 Å². The summed E-state index contributed by atoms with van der Waals surface area (Å²) in [4.78, 5) is 25.1. The van der Waals surface area contributed by atoms with Crippen LogP contribution in [0.1, 0.15) is 42.5 Å². The molecule has 1 aliphatic rings. The van der Waals surface area contributed by atoms with E-state index < -0.39 is 17.3 Å². The first-order valence-electron chi connectivity index (χ1n) is 9.26. The third kappa shape index (κ3) is 5.46. The fraction of sp³-hybridized carbons (Fsp3) is 0.333. The van der Waals surface area contributed by atoms with Crippen molar-refractivity contribution in [2.45, 2.75) is 37.6 Å². The summed E-state index contributed by atoms with van der Waals surface area (Å²) < 4.78 is 18.6. The summed E-state index contributed by atoms with van der Waals surface area (Å²) in [5, 5.41) is 5.53. The molecule has 8 heteroatoms. The summed E-state index contributed by atoms with van der Waals surface area (Å²) in [6.07, 6.45) is 4.25. The van der Waals surface area contributed by atoms with Crippen molar-refractivity contribution in [3.63, 3.8) is 0 Å². The number of benzene rings is 2. The number of hydrogen-bond donors (Lipinski definition) is 3. The number of halogens is 2. The first-order valence-corrected chi connectivity index (χ1v) is 9.26. The predicted molar refractivity (Wildman–Crippen MR) is 113 cm³/mol. The van der Waals surface area contributed by atoms with Crippen LogP contribution in [0, 0.1) is 5.82 Å². The number of nitrogens with two attached hydrogens (primary N) is 1. The maximum atomic E-state index is 13.4. The molecule has 0 spiro atoms. The highest BCUT2D eigenvalue weighted by Gasteiger charge is 2.35. The largest absolute Gasteiger partial charge is 0.495 e. The van der Waals surface area contributed by atoms with E-state index in [9.17, 15) is 14.0 Å². The van der Waals surface area contributed by atoms with E-state index in [1.807, 2.05) is 0 Å². The van der Waals surface area contributed by atoms with Crippen LogP contribution in [-0.4, -0.2) is 24.5 Å². The Morgan fingerprint density at radius 2 is 1.79 bits per heavy atom. The number of amides is 2. The molecule has 6 nitrogen and oxygen atoms in total. The molecule has 156 valence electrons. The standard InChI is InChI=1S/C21H24FN3O3.ClH/c1-28-18-9-8-16(24-20(27)21(23)10-3-2-4-11-21)13-17(18)25-19(26)14-6-5-7-15(22)12-14;/h5-9,12-13H,2-4,10-11,23H2,1H3,(H,24,27)(H,25,26);1H. The summed E-state index contributed by atoms with van der Waals surface area (Å²) in [6.45, 7) is 0. The van der Waals surface area contributed by atoms with Gasteiger partial charge in [-0.2, -0.15) is 0 Å². The van der Waals surface area contributed by atoms with Gasteiger partial charge in [-0.25, -0.2) is 4.39 Å². The SMILES string of the molecule is COc1ccc(NC(=O)C2(N)CCCCC2)cc1NC(=O)c1cccc(F)c1.Cl. The normalized spacial score (nSPS) is 15.0. The Labute approximate surface area is 175 Å². The molecule has 2 aromatic rings. The number of anilines is 2. The zero-order chi connectivity index (χ0) is 20.1. The summed E-state index contributed by atoms with van der Waals surface area (Å²) >= 11 is 0. The number of carbonyl (C=O) groups is 2. The van der Waals surface area contributed by atoms with Crippen LogP contribution in [0.3, 0.4) is 0 Å². The highest BCUT2D eigenvalue weighted by Crippen LogP contribution is 2.31. The molecule has 29 heavy (non-hydrogen) atoms. The molecule has 0 saturated heterocycles. The molecule has 3 rings (SSSR count). The van der Waals surface area contributed by atoms with Crippen molar-refractivity contribution >= 4 is 35.6 Å². The van der Waals surface area contributed by atoms with Crippen molar-refractivity contribution in [1.29, 1.82) is 0 Å². The molecule has 2 amide bonds. The fourth-order valence-electron chi connectivity index (χ4n) is 3.37. The van der Waals surface area contributed by atoms with Crippen LogP contribution in [0.5, 0.6) is 5.75 Å². The first kappa shape index (κ1) is 22.6. The topological polar surface area (TPSA) is 93.4 Å². The highest BCUT2D eigenvalue weighted by atomic mass is 35.5. The minimum absolute atomic E-state index is 0. The predicted octanol–water partition coefficient (Wildman–Crippen LogP) is 4.11. The Morgan fingerprint density at radius 1 is 1.07 bits per heavy atom. The Hall–Kier alpha value is -2.64. The molecule has 0 aromatic heterocycles. The van der Waals surface area contributed by atoms with Crippen LogP contribution in [-0.2, 0) is 4.79 Å². The molecule has 1 aliphatic carbocycles. The zero-order valence-electron chi connectivity index (χ0n) is 16.2. The van der Waals surface area contributed by atoms with Crippen LogP contribution in [0.4, 0.5) is 15.8 Å². The summed E-state index contributed by atoms with van der Waals surface area (Å²) in [5.41, 5.74) is 6.44. The van der Waals surface area contributed by atoms with E-state index in [2.05, 4.69) is 10.6 Å². The van der Waals surface area contributed by atoms with Crippen molar-refractivity contribution in [2.24, 2.45) is 5.73 Å². The minimum Gasteiger partial charge on any atom is -0.495 e. The van der Waals surface area contributed by atoms with Gasteiger partial charge in [0, 0.05) is 11.3 Å². The van der Waals surface area contributed by atoms with Gasteiger partial charge in [0.1, 0.15) is 11.6 Å². The lowest BCUT2D eigenvalue weighted by Crippen LogP contribution is -2.52. The monoisotopic (exact) mass is 421 g/mol. The summed E-state index contributed by atoms with van der Waals surface area (Å²) in [6, 6.07) is 10.3. The van der Waals surface area contributed by atoms with Crippen LogP contribution in [0.25, 0.3) is 0 Å². The third-order valence-electron chi connectivity index (χ3n) is 4.99. The maximum absolute atomic E-state index is 13.4. The van der Waals surface area contributed by atoms with Gasteiger partial charge < -0.3 is 21.1 Å². The first-order chi connectivity index (χ1) is 13.4. The average molecular weight is 422 g/mol. The van der Waals surface area contributed by atoms with Crippen molar-refractivity contribution in [3.05, 3.63) is 53.8 Å². The van der Waals surface area contributed by atoms with Crippen molar-refractivity contribution in [3.8, 4) is 5.75 Å². The molecule has 0 radical (unpaired) electrons. The van der Waals surface area contributed by atoms with Crippen LogP contribution >= 0.6 is 12.4 Å². The van der Waals surface area contributed by atoms with E-state index in [1.54, 1.807) is 18.2 Å². The van der Waals surface area contributed by atoms with Gasteiger partial charge in [0.05, 0.1) is 18.3 Å². The highest BCUT2D eigenvalue weighted by molar-refractivity contribution is 6.06. The lowest BCUT2D eigenvalue weighted by molar-refractivity contribution is -0.122. The molecule has 0 atom stereocenters. The van der Waals surface area contributed by atoms with Gasteiger partial charge in [0.25, 0.3) is 5.91 Å². The number of carbonyl (C=O) groups excluding carboxylic acids is 2. The van der Waals surface area contributed by atoms with Crippen molar-refractivity contribution < 1.29 is 18.7 Å². The minimum atomic E-state index is -0.872. The van der Waals surface area contributed by atoms with E-state index in [1.165, 1.54) is 25.3 Å². The Balaban J connectivity index is 0.00000300. The Bertz CT molecular complexity index is 885. The number of hydrogen-bond acceptors (Lipinski definition) is 4. The number of rotatable bonds is 5. The van der Waals surface area contributed by atoms with Gasteiger partial charge in [-0.05, 0) is 49.2 Å². The second-order valence-corrected chi connectivity index (χ2v) is 7.05. The van der Waals surface area contributed by atoms with E-state index in [-0.39, 0.29) is 23.9 Å². The second-order valence-electron chi connectivity index (χ2n) is 7.05. The average Bonchev–Trinajstić information content (AvgIpc) is 2.69. The second kappa shape index (κ2) is 9.71. The Kier molecular flexibility index (Phi) is 7.59. The van der Waals surface area contributed by atoms with Crippen molar-refractivity contribution in [1.82, 2.24) is 0 Å². The number of methoxy groups -OCH3 is 1. The lowest BCUT2D eigenvalue weighted by atomic mass is 9.82.